The lowest BCUT2D eigenvalue weighted by Gasteiger charge is -2.39. The number of hydrogen-bond donors (Lipinski definition) is 0. The van der Waals surface area contributed by atoms with Crippen LogP contribution < -0.4 is 0 Å². The highest BCUT2D eigenvalue weighted by Gasteiger charge is 2.36. The van der Waals surface area contributed by atoms with Crippen molar-refractivity contribution in [1.29, 1.82) is 0 Å². The van der Waals surface area contributed by atoms with Crippen LogP contribution in [-0.4, -0.2) is 44.3 Å². The summed E-state index contributed by atoms with van der Waals surface area (Å²) in [6.07, 6.45) is 0. The summed E-state index contributed by atoms with van der Waals surface area (Å²) in [5.74, 6) is 0. The van der Waals surface area contributed by atoms with Gasteiger partial charge in [0.1, 0.15) is 4.21 Å². The van der Waals surface area contributed by atoms with Gasteiger partial charge in [0, 0.05) is 19.6 Å². The summed E-state index contributed by atoms with van der Waals surface area (Å²) >= 11 is 1.28. The van der Waals surface area contributed by atoms with E-state index in [0.717, 1.165) is 12.1 Å². The zero-order valence-corrected chi connectivity index (χ0v) is 14.7. The Balaban J connectivity index is 0.00000176. The molecule has 7 heteroatoms. The van der Waals surface area contributed by atoms with E-state index in [1.165, 1.54) is 11.3 Å². The molecule has 1 aliphatic heterocycles. The van der Waals surface area contributed by atoms with Gasteiger partial charge in [0.15, 0.2) is 0 Å². The van der Waals surface area contributed by atoms with Gasteiger partial charge in [-0.15, -0.1) is 23.7 Å². The first-order valence-corrected chi connectivity index (χ1v) is 9.20. The molecule has 0 N–H and O–H groups in total. The Morgan fingerprint density at radius 1 is 1.09 bits per heavy atom. The fraction of sp³-hybridized carbons (Fsp3) is 0.333. The van der Waals surface area contributed by atoms with Gasteiger partial charge in [-0.2, -0.15) is 4.31 Å². The van der Waals surface area contributed by atoms with Gasteiger partial charge in [0.05, 0.1) is 6.04 Å². The molecule has 2 aromatic rings. The molecule has 0 amide bonds. The topological polar surface area (TPSA) is 40.6 Å². The third-order valence-electron chi connectivity index (χ3n) is 3.78. The lowest BCUT2D eigenvalue weighted by Crippen LogP contribution is -2.49. The lowest BCUT2D eigenvalue weighted by molar-refractivity contribution is 0.161. The molecule has 1 aromatic carbocycles. The van der Waals surface area contributed by atoms with Crippen molar-refractivity contribution in [1.82, 2.24) is 9.21 Å². The Morgan fingerprint density at radius 2 is 1.82 bits per heavy atom. The number of halogens is 1. The van der Waals surface area contributed by atoms with Crippen molar-refractivity contribution >= 4 is 33.8 Å². The molecule has 1 aromatic heterocycles. The molecule has 1 atom stereocenters. The summed E-state index contributed by atoms with van der Waals surface area (Å²) < 4.78 is 27.8. The Bertz CT molecular complexity index is 690. The Kier molecular flexibility index (Phi) is 5.63. The van der Waals surface area contributed by atoms with E-state index in [0.29, 0.717) is 17.3 Å². The third-order valence-corrected chi connectivity index (χ3v) is 7.06. The van der Waals surface area contributed by atoms with Gasteiger partial charge in [-0.25, -0.2) is 8.42 Å². The number of hydrogen-bond acceptors (Lipinski definition) is 4. The van der Waals surface area contributed by atoms with Crippen molar-refractivity contribution < 1.29 is 8.42 Å². The SMILES string of the molecule is CN1CCN(S(=O)(=O)c2cccs2)C(c2ccccc2)C1.Cl. The standard InChI is InChI=1S/C15H18N2O2S2.ClH/c1-16-9-10-17(21(18,19)15-8-5-11-20-15)14(12-16)13-6-3-2-4-7-13;/h2-8,11,14H,9-10,12H2,1H3;1H. The number of benzene rings is 1. The van der Waals surface area contributed by atoms with E-state index < -0.39 is 10.0 Å². The summed E-state index contributed by atoms with van der Waals surface area (Å²) in [4.78, 5) is 2.18. The van der Waals surface area contributed by atoms with E-state index in [1.54, 1.807) is 21.8 Å². The van der Waals surface area contributed by atoms with E-state index in [-0.39, 0.29) is 18.4 Å². The van der Waals surface area contributed by atoms with Gasteiger partial charge in [-0.1, -0.05) is 36.4 Å². The maximum Gasteiger partial charge on any atom is 0.253 e. The fourth-order valence-corrected chi connectivity index (χ4v) is 5.38. The molecule has 1 saturated heterocycles. The van der Waals surface area contributed by atoms with E-state index in [4.69, 9.17) is 0 Å². The third kappa shape index (κ3) is 3.36. The first-order chi connectivity index (χ1) is 10.1. The number of sulfonamides is 1. The maximum absolute atomic E-state index is 12.9. The summed E-state index contributed by atoms with van der Waals surface area (Å²) in [5.41, 5.74) is 1.05. The number of thiophene rings is 1. The van der Waals surface area contributed by atoms with Gasteiger partial charge in [0.25, 0.3) is 10.0 Å². The lowest BCUT2D eigenvalue weighted by atomic mass is 10.1. The molecule has 3 rings (SSSR count). The number of nitrogens with zero attached hydrogens (tertiary/aromatic N) is 2. The van der Waals surface area contributed by atoms with Gasteiger partial charge >= 0.3 is 0 Å². The average molecular weight is 359 g/mol. The van der Waals surface area contributed by atoms with Crippen LogP contribution in [0.15, 0.2) is 52.1 Å². The van der Waals surface area contributed by atoms with Crippen molar-refractivity contribution in [2.24, 2.45) is 0 Å². The molecule has 22 heavy (non-hydrogen) atoms. The van der Waals surface area contributed by atoms with Crippen molar-refractivity contribution in [3.63, 3.8) is 0 Å². The average Bonchev–Trinajstić information content (AvgIpc) is 3.03. The molecule has 120 valence electrons. The highest BCUT2D eigenvalue weighted by atomic mass is 35.5. The predicted octanol–water partition coefficient (Wildman–Crippen LogP) is 2.85. The van der Waals surface area contributed by atoms with Crippen LogP contribution in [0.1, 0.15) is 11.6 Å². The van der Waals surface area contributed by atoms with Crippen LogP contribution >= 0.6 is 23.7 Å². The van der Waals surface area contributed by atoms with E-state index in [2.05, 4.69) is 4.90 Å². The van der Waals surface area contributed by atoms with Crippen LogP contribution in [0.3, 0.4) is 0 Å². The molecule has 0 saturated carbocycles. The predicted molar refractivity (Wildman–Crippen MR) is 92.1 cm³/mol. The van der Waals surface area contributed by atoms with Crippen LogP contribution in [0.25, 0.3) is 0 Å². The second kappa shape index (κ2) is 7.10. The molecule has 0 radical (unpaired) electrons. The van der Waals surface area contributed by atoms with Crippen LogP contribution in [-0.2, 0) is 10.0 Å². The van der Waals surface area contributed by atoms with Gasteiger partial charge in [-0.3, -0.25) is 0 Å². The minimum atomic E-state index is -3.41. The first-order valence-electron chi connectivity index (χ1n) is 6.88. The molecular weight excluding hydrogens is 340 g/mol. The Morgan fingerprint density at radius 3 is 2.45 bits per heavy atom. The molecule has 4 nitrogen and oxygen atoms in total. The highest BCUT2D eigenvalue weighted by molar-refractivity contribution is 7.91. The van der Waals surface area contributed by atoms with Gasteiger partial charge in [0.2, 0.25) is 0 Å². The van der Waals surface area contributed by atoms with Crippen molar-refractivity contribution in [3.8, 4) is 0 Å². The van der Waals surface area contributed by atoms with E-state index in [1.807, 2.05) is 37.4 Å². The first kappa shape index (κ1) is 17.4. The van der Waals surface area contributed by atoms with Crippen LogP contribution in [0.5, 0.6) is 0 Å². The van der Waals surface area contributed by atoms with Crippen LogP contribution in [0.4, 0.5) is 0 Å². The zero-order chi connectivity index (χ0) is 14.9. The van der Waals surface area contributed by atoms with Gasteiger partial charge in [-0.05, 0) is 24.1 Å². The van der Waals surface area contributed by atoms with Crippen molar-refractivity contribution in [3.05, 3.63) is 53.4 Å². The molecule has 1 aliphatic rings. The van der Waals surface area contributed by atoms with Crippen LogP contribution in [0.2, 0.25) is 0 Å². The molecule has 1 fully saturated rings. The molecular formula is C15H19ClN2O2S2. The largest absolute Gasteiger partial charge is 0.303 e. The molecule has 0 bridgehead atoms. The highest BCUT2D eigenvalue weighted by Crippen LogP contribution is 2.32. The molecule has 0 spiro atoms. The van der Waals surface area contributed by atoms with Crippen LogP contribution in [0, 0.1) is 0 Å². The normalized spacial score (nSPS) is 20.5. The number of likely N-dealkylation sites (N-methyl/N-ethyl adjacent to an activating group) is 1. The van der Waals surface area contributed by atoms with E-state index >= 15 is 0 Å². The second-order valence-corrected chi connectivity index (χ2v) is 8.30. The Hall–Kier alpha value is -0.920. The number of rotatable bonds is 3. The maximum atomic E-state index is 12.9. The summed E-state index contributed by atoms with van der Waals surface area (Å²) in [7, 11) is -1.38. The fourth-order valence-electron chi connectivity index (χ4n) is 2.66. The minimum absolute atomic E-state index is 0. The van der Waals surface area contributed by atoms with Crippen molar-refractivity contribution in [2.45, 2.75) is 10.3 Å². The zero-order valence-electron chi connectivity index (χ0n) is 12.3. The molecule has 1 unspecified atom stereocenters. The number of piperazine rings is 1. The quantitative estimate of drug-likeness (QED) is 0.847. The van der Waals surface area contributed by atoms with E-state index in [9.17, 15) is 8.42 Å². The monoisotopic (exact) mass is 358 g/mol. The summed E-state index contributed by atoms with van der Waals surface area (Å²) in [6, 6.07) is 13.2. The molecule has 0 aliphatic carbocycles. The summed E-state index contributed by atoms with van der Waals surface area (Å²) in [5, 5.41) is 1.81. The smallest absolute Gasteiger partial charge is 0.253 e. The van der Waals surface area contributed by atoms with Crippen molar-refractivity contribution in [2.75, 3.05) is 26.7 Å². The molecule has 2 heterocycles. The Labute approximate surface area is 141 Å². The van der Waals surface area contributed by atoms with Gasteiger partial charge < -0.3 is 4.90 Å². The summed E-state index contributed by atoms with van der Waals surface area (Å²) in [6.45, 7) is 2.00. The second-order valence-electron chi connectivity index (χ2n) is 5.24. The minimum Gasteiger partial charge on any atom is -0.303 e.